The van der Waals surface area contributed by atoms with Crippen molar-refractivity contribution < 1.29 is 0 Å². The normalized spacial score (nSPS) is 22.6. The minimum atomic E-state index is 0.355. The van der Waals surface area contributed by atoms with E-state index >= 15 is 0 Å². The molecule has 0 spiro atoms. The molecule has 2 aromatic rings. The molecule has 0 bridgehead atoms. The average molecular weight is 324 g/mol. The second-order valence-corrected chi connectivity index (χ2v) is 6.68. The molecule has 1 saturated heterocycles. The highest BCUT2D eigenvalue weighted by atomic mass is 15.2. The van der Waals surface area contributed by atoms with Crippen LogP contribution in [0.15, 0.2) is 30.9 Å². The van der Waals surface area contributed by atoms with E-state index < -0.39 is 0 Å². The zero-order valence-electron chi connectivity index (χ0n) is 13.9. The average Bonchev–Trinajstić information content (AvgIpc) is 3.13. The van der Waals surface area contributed by atoms with Crippen molar-refractivity contribution in [3.05, 3.63) is 36.5 Å². The number of aromatic nitrogens is 4. The van der Waals surface area contributed by atoms with Crippen molar-refractivity contribution in [2.75, 3.05) is 11.9 Å². The summed E-state index contributed by atoms with van der Waals surface area (Å²) < 4.78 is 0. The van der Waals surface area contributed by atoms with Crippen molar-refractivity contribution in [3.8, 4) is 0 Å². The van der Waals surface area contributed by atoms with Crippen LogP contribution >= 0.6 is 0 Å². The molecule has 6 nitrogen and oxygen atoms in total. The quantitative estimate of drug-likeness (QED) is 0.929. The summed E-state index contributed by atoms with van der Waals surface area (Å²) in [6.07, 6.45) is 16.1. The molecule has 1 aliphatic carbocycles. The van der Waals surface area contributed by atoms with Gasteiger partial charge in [-0.3, -0.25) is 9.88 Å². The van der Waals surface area contributed by atoms with Crippen LogP contribution in [0.4, 0.5) is 11.8 Å². The summed E-state index contributed by atoms with van der Waals surface area (Å²) in [4.78, 5) is 20.4. The molecule has 1 N–H and O–H groups in total. The standard InChI is InChI=1S/C18H24N6/c1-2-6-14(7-3-1)24-13-4-8-15(24)16-17(20-12-11-19-16)23-18-21-9-5-10-22-18/h5,9-12,14-15H,1-4,6-8,13H2,(H,20,21,22,23)/t15-/m0/s1. The third kappa shape index (κ3) is 3.24. The van der Waals surface area contributed by atoms with Crippen LogP contribution in [-0.4, -0.2) is 37.4 Å². The predicted molar refractivity (Wildman–Crippen MR) is 92.9 cm³/mol. The molecule has 126 valence electrons. The summed E-state index contributed by atoms with van der Waals surface area (Å²) in [5.74, 6) is 1.36. The van der Waals surface area contributed by atoms with Crippen molar-refractivity contribution >= 4 is 11.8 Å². The van der Waals surface area contributed by atoms with Crippen molar-refractivity contribution in [1.29, 1.82) is 0 Å². The summed E-state index contributed by atoms with van der Waals surface area (Å²) in [6, 6.07) is 2.87. The van der Waals surface area contributed by atoms with Gasteiger partial charge >= 0.3 is 0 Å². The second kappa shape index (κ2) is 7.21. The number of hydrogen-bond acceptors (Lipinski definition) is 6. The van der Waals surface area contributed by atoms with Gasteiger partial charge in [0.25, 0.3) is 0 Å². The van der Waals surface area contributed by atoms with Gasteiger partial charge in [0, 0.05) is 30.8 Å². The van der Waals surface area contributed by atoms with Crippen LogP contribution in [0, 0.1) is 0 Å². The predicted octanol–water partition coefficient (Wildman–Crippen LogP) is 3.48. The van der Waals surface area contributed by atoms with Gasteiger partial charge in [-0.15, -0.1) is 0 Å². The number of nitrogens with zero attached hydrogens (tertiary/aromatic N) is 5. The van der Waals surface area contributed by atoms with Gasteiger partial charge < -0.3 is 5.32 Å². The number of rotatable bonds is 4. The van der Waals surface area contributed by atoms with E-state index in [2.05, 4.69) is 30.2 Å². The van der Waals surface area contributed by atoms with Gasteiger partial charge in [-0.1, -0.05) is 19.3 Å². The highest BCUT2D eigenvalue weighted by Gasteiger charge is 2.34. The van der Waals surface area contributed by atoms with Crippen molar-refractivity contribution in [1.82, 2.24) is 24.8 Å². The molecule has 2 aromatic heterocycles. The summed E-state index contributed by atoms with van der Waals surface area (Å²) >= 11 is 0. The molecular weight excluding hydrogens is 300 g/mol. The first-order valence-corrected chi connectivity index (χ1v) is 9.02. The number of likely N-dealkylation sites (tertiary alicyclic amines) is 1. The molecule has 6 heteroatoms. The molecule has 0 radical (unpaired) electrons. The Labute approximate surface area is 142 Å². The zero-order valence-corrected chi connectivity index (χ0v) is 13.9. The van der Waals surface area contributed by atoms with Gasteiger partial charge in [-0.25, -0.2) is 15.0 Å². The Morgan fingerprint density at radius 2 is 1.62 bits per heavy atom. The number of nitrogens with one attached hydrogen (secondary N) is 1. The Kier molecular flexibility index (Phi) is 4.64. The monoisotopic (exact) mass is 324 g/mol. The van der Waals surface area contributed by atoms with E-state index in [1.54, 1.807) is 24.8 Å². The van der Waals surface area contributed by atoms with Crippen LogP contribution < -0.4 is 5.32 Å². The molecule has 1 saturated carbocycles. The SMILES string of the molecule is c1cnc(Nc2nccnc2[C@@H]2CCCN2C2CCCCC2)nc1. The maximum absolute atomic E-state index is 4.68. The largest absolute Gasteiger partial charge is 0.307 e. The van der Waals surface area contributed by atoms with Gasteiger partial charge in [-0.05, 0) is 38.3 Å². The maximum atomic E-state index is 4.68. The second-order valence-electron chi connectivity index (χ2n) is 6.68. The molecule has 24 heavy (non-hydrogen) atoms. The summed E-state index contributed by atoms with van der Waals surface area (Å²) in [6.45, 7) is 1.17. The minimum absolute atomic E-state index is 0.355. The van der Waals surface area contributed by atoms with Crippen LogP contribution in [0.1, 0.15) is 56.7 Å². The Bertz CT molecular complexity index is 656. The number of anilines is 2. The fourth-order valence-corrected chi connectivity index (χ4v) is 4.09. The lowest BCUT2D eigenvalue weighted by Gasteiger charge is -2.35. The molecule has 0 aromatic carbocycles. The van der Waals surface area contributed by atoms with E-state index in [0.717, 1.165) is 17.9 Å². The zero-order chi connectivity index (χ0) is 16.2. The van der Waals surface area contributed by atoms with Crippen LogP contribution in [0.25, 0.3) is 0 Å². The Morgan fingerprint density at radius 3 is 2.46 bits per heavy atom. The van der Waals surface area contributed by atoms with Gasteiger partial charge in [0.15, 0.2) is 5.82 Å². The molecule has 1 atom stereocenters. The third-order valence-electron chi connectivity index (χ3n) is 5.18. The summed E-state index contributed by atoms with van der Waals surface area (Å²) in [5, 5.41) is 3.25. The molecular formula is C18H24N6. The minimum Gasteiger partial charge on any atom is -0.307 e. The molecule has 2 fully saturated rings. The van der Waals surface area contributed by atoms with Crippen LogP contribution in [0.5, 0.6) is 0 Å². The third-order valence-corrected chi connectivity index (χ3v) is 5.18. The fourth-order valence-electron chi connectivity index (χ4n) is 4.09. The van der Waals surface area contributed by atoms with E-state index in [1.807, 2.05) is 6.07 Å². The number of hydrogen-bond donors (Lipinski definition) is 1. The molecule has 2 aliphatic rings. The Hall–Kier alpha value is -2.08. The van der Waals surface area contributed by atoms with Crippen LogP contribution in [0.2, 0.25) is 0 Å². The highest BCUT2D eigenvalue weighted by Crippen LogP contribution is 2.38. The van der Waals surface area contributed by atoms with Crippen molar-refractivity contribution in [2.45, 2.75) is 57.0 Å². The molecule has 3 heterocycles. The molecule has 0 unspecified atom stereocenters. The summed E-state index contributed by atoms with van der Waals surface area (Å²) in [5.41, 5.74) is 1.04. The topological polar surface area (TPSA) is 66.8 Å². The lowest BCUT2D eigenvalue weighted by molar-refractivity contribution is 0.140. The molecule has 4 rings (SSSR count). The molecule has 0 amide bonds. The van der Waals surface area contributed by atoms with Crippen molar-refractivity contribution in [2.24, 2.45) is 0 Å². The van der Waals surface area contributed by atoms with E-state index in [-0.39, 0.29) is 0 Å². The first-order chi connectivity index (χ1) is 11.9. The van der Waals surface area contributed by atoms with E-state index in [4.69, 9.17) is 0 Å². The van der Waals surface area contributed by atoms with E-state index in [9.17, 15) is 0 Å². The van der Waals surface area contributed by atoms with Crippen LogP contribution in [-0.2, 0) is 0 Å². The highest BCUT2D eigenvalue weighted by molar-refractivity contribution is 5.51. The van der Waals surface area contributed by atoms with Crippen LogP contribution in [0.3, 0.4) is 0 Å². The van der Waals surface area contributed by atoms with Crippen molar-refractivity contribution in [3.63, 3.8) is 0 Å². The first-order valence-electron chi connectivity index (χ1n) is 9.02. The Balaban J connectivity index is 1.58. The van der Waals surface area contributed by atoms with Gasteiger partial charge in [0.05, 0.1) is 6.04 Å². The van der Waals surface area contributed by atoms with E-state index in [1.165, 1.54) is 45.1 Å². The molecule has 1 aliphatic heterocycles. The first kappa shape index (κ1) is 15.4. The van der Waals surface area contributed by atoms with Gasteiger partial charge in [-0.2, -0.15) is 0 Å². The van der Waals surface area contributed by atoms with Gasteiger partial charge in [0.2, 0.25) is 5.95 Å². The summed E-state index contributed by atoms with van der Waals surface area (Å²) in [7, 11) is 0. The fraction of sp³-hybridized carbons (Fsp3) is 0.556. The van der Waals surface area contributed by atoms with E-state index in [0.29, 0.717) is 18.0 Å². The maximum Gasteiger partial charge on any atom is 0.228 e. The smallest absolute Gasteiger partial charge is 0.228 e. The lowest BCUT2D eigenvalue weighted by Crippen LogP contribution is -2.36. The Morgan fingerprint density at radius 1 is 0.833 bits per heavy atom. The lowest BCUT2D eigenvalue weighted by atomic mass is 9.93. The van der Waals surface area contributed by atoms with Gasteiger partial charge in [0.1, 0.15) is 5.69 Å².